The molecule has 1 aliphatic heterocycles. The highest BCUT2D eigenvalue weighted by Gasteiger charge is 2.24. The first-order chi connectivity index (χ1) is 14.3. The standard InChI is InChI=1S/C22H34N4O3/c1-23-22(25-14-8-16-28-18-9-3-2-4-10-18)24-13-7-15-26-19-11-5-6-12-20(19)29-17-21(26)27/h5-6,11-12,18H,2-4,7-10,13-17H2,1H3,(H2,23,24,25). The van der Waals surface area contributed by atoms with Crippen LogP contribution in [0.5, 0.6) is 5.75 Å². The first-order valence-electron chi connectivity index (χ1n) is 10.9. The lowest BCUT2D eigenvalue weighted by Gasteiger charge is -2.29. The van der Waals surface area contributed by atoms with Gasteiger partial charge >= 0.3 is 0 Å². The number of rotatable bonds is 9. The minimum atomic E-state index is 0.00386. The molecule has 2 N–H and O–H groups in total. The van der Waals surface area contributed by atoms with E-state index < -0.39 is 0 Å². The summed E-state index contributed by atoms with van der Waals surface area (Å²) in [5.74, 6) is 1.56. The summed E-state index contributed by atoms with van der Waals surface area (Å²) in [6.45, 7) is 3.13. The highest BCUT2D eigenvalue weighted by molar-refractivity contribution is 5.97. The van der Waals surface area contributed by atoms with Gasteiger partial charge in [0.2, 0.25) is 0 Å². The molecule has 0 saturated heterocycles. The zero-order chi connectivity index (χ0) is 20.3. The van der Waals surface area contributed by atoms with Crippen molar-refractivity contribution in [2.45, 2.75) is 51.0 Å². The van der Waals surface area contributed by atoms with E-state index in [1.165, 1.54) is 32.1 Å². The number of para-hydroxylation sites is 2. The van der Waals surface area contributed by atoms with E-state index in [1.807, 2.05) is 24.3 Å². The smallest absolute Gasteiger partial charge is 0.265 e. The Morgan fingerprint density at radius 1 is 1.17 bits per heavy atom. The summed E-state index contributed by atoms with van der Waals surface area (Å²) in [4.78, 5) is 18.3. The van der Waals surface area contributed by atoms with Crippen molar-refractivity contribution in [1.29, 1.82) is 0 Å². The number of aliphatic imine (C=N–C) groups is 1. The third kappa shape index (κ3) is 6.63. The van der Waals surface area contributed by atoms with Crippen molar-refractivity contribution in [2.75, 3.05) is 44.8 Å². The number of guanidine groups is 1. The zero-order valence-electron chi connectivity index (χ0n) is 17.5. The van der Waals surface area contributed by atoms with Crippen LogP contribution in [0.4, 0.5) is 5.69 Å². The van der Waals surface area contributed by atoms with Crippen LogP contribution in [0.25, 0.3) is 0 Å². The van der Waals surface area contributed by atoms with Crippen molar-refractivity contribution in [2.24, 2.45) is 4.99 Å². The average Bonchev–Trinajstić information content (AvgIpc) is 2.77. The van der Waals surface area contributed by atoms with Gasteiger partial charge in [0.15, 0.2) is 12.6 Å². The quantitative estimate of drug-likeness (QED) is 0.377. The number of ether oxygens (including phenoxy) is 2. The van der Waals surface area contributed by atoms with Crippen LogP contribution in [0.3, 0.4) is 0 Å². The van der Waals surface area contributed by atoms with Gasteiger partial charge in [0, 0.05) is 33.3 Å². The second kappa shape index (κ2) is 11.7. The van der Waals surface area contributed by atoms with Crippen LogP contribution < -0.4 is 20.3 Å². The molecule has 3 rings (SSSR count). The van der Waals surface area contributed by atoms with E-state index in [1.54, 1.807) is 11.9 Å². The maximum Gasteiger partial charge on any atom is 0.265 e. The van der Waals surface area contributed by atoms with E-state index in [0.717, 1.165) is 49.9 Å². The molecule has 1 aromatic rings. The van der Waals surface area contributed by atoms with Gasteiger partial charge in [0.05, 0.1) is 11.8 Å². The average molecular weight is 403 g/mol. The largest absolute Gasteiger partial charge is 0.482 e. The lowest BCUT2D eigenvalue weighted by atomic mass is 9.98. The molecule has 1 saturated carbocycles. The number of amides is 1. The van der Waals surface area contributed by atoms with Crippen LogP contribution in [-0.2, 0) is 9.53 Å². The van der Waals surface area contributed by atoms with E-state index in [9.17, 15) is 4.79 Å². The Labute approximate surface area is 173 Å². The van der Waals surface area contributed by atoms with E-state index in [2.05, 4.69) is 15.6 Å². The van der Waals surface area contributed by atoms with E-state index in [0.29, 0.717) is 12.6 Å². The molecular weight excluding hydrogens is 368 g/mol. The zero-order valence-corrected chi connectivity index (χ0v) is 17.5. The van der Waals surface area contributed by atoms with Gasteiger partial charge in [-0.1, -0.05) is 31.4 Å². The summed E-state index contributed by atoms with van der Waals surface area (Å²) in [6.07, 6.45) is 8.66. The second-order valence-corrected chi connectivity index (χ2v) is 7.57. The van der Waals surface area contributed by atoms with Crippen LogP contribution in [-0.4, -0.2) is 57.9 Å². The van der Waals surface area contributed by atoms with Gasteiger partial charge in [-0.3, -0.25) is 9.79 Å². The molecule has 0 unspecified atom stereocenters. The molecule has 1 aromatic carbocycles. The van der Waals surface area contributed by atoms with Crippen LogP contribution in [0.1, 0.15) is 44.9 Å². The predicted octanol–water partition coefficient (Wildman–Crippen LogP) is 2.71. The molecule has 2 aliphatic rings. The molecule has 7 heteroatoms. The third-order valence-electron chi connectivity index (χ3n) is 5.40. The fourth-order valence-electron chi connectivity index (χ4n) is 3.82. The molecule has 1 heterocycles. The number of fused-ring (bicyclic) bond motifs is 1. The summed E-state index contributed by atoms with van der Waals surface area (Å²) in [5.41, 5.74) is 0.851. The number of hydrogen-bond donors (Lipinski definition) is 2. The SMILES string of the molecule is CN=C(NCCCOC1CCCCC1)NCCCN1C(=O)COc2ccccc21. The molecule has 1 aliphatic carbocycles. The van der Waals surface area contributed by atoms with Crippen molar-refractivity contribution >= 4 is 17.6 Å². The Bertz CT molecular complexity index is 674. The third-order valence-corrected chi connectivity index (χ3v) is 5.40. The van der Waals surface area contributed by atoms with Gasteiger partial charge in [0.1, 0.15) is 5.75 Å². The maximum atomic E-state index is 12.2. The molecule has 0 aromatic heterocycles. The Kier molecular flexibility index (Phi) is 8.61. The molecule has 29 heavy (non-hydrogen) atoms. The van der Waals surface area contributed by atoms with Crippen molar-refractivity contribution in [3.63, 3.8) is 0 Å². The van der Waals surface area contributed by atoms with E-state index in [4.69, 9.17) is 9.47 Å². The molecule has 0 atom stereocenters. The first-order valence-corrected chi connectivity index (χ1v) is 10.9. The number of nitrogens with zero attached hydrogens (tertiary/aromatic N) is 2. The Morgan fingerprint density at radius 3 is 2.72 bits per heavy atom. The van der Waals surface area contributed by atoms with Crippen LogP contribution in [0, 0.1) is 0 Å². The fourth-order valence-corrected chi connectivity index (χ4v) is 3.82. The number of benzene rings is 1. The summed E-state index contributed by atoms with van der Waals surface area (Å²) in [6, 6.07) is 7.67. The minimum absolute atomic E-state index is 0.00386. The summed E-state index contributed by atoms with van der Waals surface area (Å²) >= 11 is 0. The lowest BCUT2D eigenvalue weighted by Crippen LogP contribution is -2.42. The van der Waals surface area contributed by atoms with Gasteiger partial charge in [-0.2, -0.15) is 0 Å². The predicted molar refractivity (Wildman–Crippen MR) is 116 cm³/mol. The van der Waals surface area contributed by atoms with Crippen molar-refractivity contribution in [1.82, 2.24) is 10.6 Å². The van der Waals surface area contributed by atoms with Crippen molar-refractivity contribution in [3.8, 4) is 5.75 Å². The number of carbonyl (C=O) groups excluding carboxylic acids is 1. The molecule has 0 spiro atoms. The van der Waals surface area contributed by atoms with Gasteiger partial charge in [-0.15, -0.1) is 0 Å². The molecule has 0 bridgehead atoms. The van der Waals surface area contributed by atoms with Gasteiger partial charge in [0.25, 0.3) is 5.91 Å². The van der Waals surface area contributed by atoms with E-state index in [-0.39, 0.29) is 12.5 Å². The van der Waals surface area contributed by atoms with Gasteiger partial charge in [-0.05, 0) is 37.8 Å². The molecular formula is C22H34N4O3. The van der Waals surface area contributed by atoms with Crippen LogP contribution >= 0.6 is 0 Å². The number of nitrogens with one attached hydrogen (secondary N) is 2. The van der Waals surface area contributed by atoms with Crippen LogP contribution in [0.15, 0.2) is 29.3 Å². The molecule has 1 amide bonds. The molecule has 160 valence electrons. The normalized spacial score (nSPS) is 17.6. The number of carbonyl (C=O) groups is 1. The highest BCUT2D eigenvalue weighted by atomic mass is 16.5. The monoisotopic (exact) mass is 402 g/mol. The number of anilines is 1. The van der Waals surface area contributed by atoms with Gasteiger partial charge in [-0.25, -0.2) is 0 Å². The summed E-state index contributed by atoms with van der Waals surface area (Å²) in [5, 5.41) is 6.65. The van der Waals surface area contributed by atoms with E-state index >= 15 is 0 Å². The Morgan fingerprint density at radius 2 is 1.93 bits per heavy atom. The summed E-state index contributed by atoms with van der Waals surface area (Å²) in [7, 11) is 1.77. The van der Waals surface area contributed by atoms with Gasteiger partial charge < -0.3 is 25.0 Å². The minimum Gasteiger partial charge on any atom is -0.482 e. The highest BCUT2D eigenvalue weighted by Crippen LogP contribution is 2.31. The first kappa shape index (κ1) is 21.4. The number of hydrogen-bond acceptors (Lipinski definition) is 4. The second-order valence-electron chi connectivity index (χ2n) is 7.57. The van der Waals surface area contributed by atoms with Crippen LogP contribution in [0.2, 0.25) is 0 Å². The fraction of sp³-hybridized carbons (Fsp3) is 0.636. The van der Waals surface area contributed by atoms with Crippen molar-refractivity contribution in [3.05, 3.63) is 24.3 Å². The maximum absolute atomic E-state index is 12.2. The molecule has 0 radical (unpaired) electrons. The Hall–Kier alpha value is -2.28. The summed E-state index contributed by atoms with van der Waals surface area (Å²) < 4.78 is 11.4. The Balaban J connectivity index is 1.29. The van der Waals surface area contributed by atoms with Crippen molar-refractivity contribution < 1.29 is 14.3 Å². The topological polar surface area (TPSA) is 75.2 Å². The lowest BCUT2D eigenvalue weighted by molar-refractivity contribution is -0.121. The molecule has 1 fully saturated rings. The molecule has 7 nitrogen and oxygen atoms in total.